The number of hydrogen-bond donors (Lipinski definition) is 1. The maximum absolute atomic E-state index is 9.79. The van der Waals surface area contributed by atoms with E-state index < -0.39 is 0 Å². The Hall–Kier alpha value is -0.560. The summed E-state index contributed by atoms with van der Waals surface area (Å²) in [6.45, 7) is 6.44. The van der Waals surface area contributed by atoms with E-state index in [1.807, 2.05) is 6.92 Å². The molecule has 84 valence electrons. The summed E-state index contributed by atoms with van der Waals surface area (Å²) in [7, 11) is 0. The molecule has 2 aliphatic carbocycles. The lowest BCUT2D eigenvalue weighted by Gasteiger charge is -2.29. The maximum Gasteiger partial charge on any atom is 0.0745 e. The number of allylic oxidation sites excluding steroid dienone is 3. The van der Waals surface area contributed by atoms with Crippen LogP contribution in [0, 0.1) is 17.3 Å². The minimum atomic E-state index is -0.245. The van der Waals surface area contributed by atoms with Crippen LogP contribution in [0.15, 0.2) is 23.8 Å². The number of rotatable bonds is 3. The van der Waals surface area contributed by atoms with Gasteiger partial charge >= 0.3 is 0 Å². The van der Waals surface area contributed by atoms with Crippen LogP contribution < -0.4 is 0 Å². The first kappa shape index (κ1) is 10.9. The molecule has 0 aromatic carbocycles. The van der Waals surface area contributed by atoms with E-state index in [-0.39, 0.29) is 6.10 Å². The second-order valence-corrected chi connectivity index (χ2v) is 5.51. The van der Waals surface area contributed by atoms with Gasteiger partial charge in [-0.05, 0) is 49.0 Å². The monoisotopic (exact) mass is 206 g/mol. The number of hydrogen-bond acceptors (Lipinski definition) is 1. The summed E-state index contributed by atoms with van der Waals surface area (Å²) in [5, 5.41) is 9.79. The molecule has 0 spiro atoms. The standard InChI is InChI=1S/C14H22O/c1-4-13(15)10(2)8-14(3)9-11-5-6-12(14)7-11/h5-6,8,11-13,15H,4,7,9H2,1-3H3/b10-8+/t11-,12-,13+,14-/m1/s1. The Morgan fingerprint density at radius 2 is 2.33 bits per heavy atom. The van der Waals surface area contributed by atoms with E-state index in [9.17, 15) is 5.11 Å². The molecule has 2 rings (SSSR count). The zero-order valence-corrected chi connectivity index (χ0v) is 10.0. The average Bonchev–Trinajstić information content (AvgIpc) is 2.75. The van der Waals surface area contributed by atoms with Gasteiger partial charge in [-0.25, -0.2) is 0 Å². The number of aliphatic hydroxyl groups is 1. The molecule has 1 N–H and O–H groups in total. The fourth-order valence-electron chi connectivity index (χ4n) is 3.24. The highest BCUT2D eigenvalue weighted by atomic mass is 16.3. The highest BCUT2D eigenvalue weighted by Crippen LogP contribution is 2.53. The van der Waals surface area contributed by atoms with Gasteiger partial charge in [-0.3, -0.25) is 0 Å². The number of fused-ring (bicyclic) bond motifs is 2. The highest BCUT2D eigenvalue weighted by molar-refractivity contribution is 5.23. The van der Waals surface area contributed by atoms with E-state index in [1.165, 1.54) is 12.8 Å². The third kappa shape index (κ3) is 1.90. The smallest absolute Gasteiger partial charge is 0.0745 e. The molecule has 2 aliphatic rings. The van der Waals surface area contributed by atoms with Gasteiger partial charge in [-0.2, -0.15) is 0 Å². The lowest BCUT2D eigenvalue weighted by Crippen LogP contribution is -2.21. The summed E-state index contributed by atoms with van der Waals surface area (Å²) in [5.41, 5.74) is 1.46. The molecule has 4 atom stereocenters. The Bertz CT molecular complexity index is 302. The van der Waals surface area contributed by atoms with Crippen LogP contribution in [-0.2, 0) is 0 Å². The van der Waals surface area contributed by atoms with E-state index in [0.717, 1.165) is 17.9 Å². The molecule has 0 aliphatic heterocycles. The summed E-state index contributed by atoms with van der Waals surface area (Å²) in [6, 6.07) is 0. The van der Waals surface area contributed by atoms with Crippen LogP contribution in [0.25, 0.3) is 0 Å². The molecule has 0 unspecified atom stereocenters. The Morgan fingerprint density at radius 1 is 1.60 bits per heavy atom. The molecule has 1 fully saturated rings. The molecule has 0 saturated heterocycles. The minimum Gasteiger partial charge on any atom is -0.389 e. The minimum absolute atomic E-state index is 0.245. The van der Waals surface area contributed by atoms with Crippen molar-refractivity contribution in [2.45, 2.75) is 46.1 Å². The number of aliphatic hydroxyl groups excluding tert-OH is 1. The fourth-order valence-corrected chi connectivity index (χ4v) is 3.24. The maximum atomic E-state index is 9.79. The van der Waals surface area contributed by atoms with Crippen LogP contribution in [0.1, 0.15) is 40.0 Å². The van der Waals surface area contributed by atoms with Crippen LogP contribution in [0.5, 0.6) is 0 Å². The van der Waals surface area contributed by atoms with Crippen LogP contribution in [0.3, 0.4) is 0 Å². The van der Waals surface area contributed by atoms with E-state index in [4.69, 9.17) is 0 Å². The molecule has 1 saturated carbocycles. The molecule has 15 heavy (non-hydrogen) atoms. The fraction of sp³-hybridized carbons (Fsp3) is 0.714. The predicted octanol–water partition coefficient (Wildman–Crippen LogP) is 3.31. The van der Waals surface area contributed by atoms with Gasteiger partial charge in [0.25, 0.3) is 0 Å². The van der Waals surface area contributed by atoms with Gasteiger partial charge in [0.15, 0.2) is 0 Å². The highest BCUT2D eigenvalue weighted by Gasteiger charge is 2.43. The Balaban J connectivity index is 2.14. The largest absolute Gasteiger partial charge is 0.389 e. The normalized spacial score (nSPS) is 41.2. The van der Waals surface area contributed by atoms with Crippen LogP contribution in [0.4, 0.5) is 0 Å². The second kappa shape index (κ2) is 3.79. The van der Waals surface area contributed by atoms with Crippen molar-refractivity contribution in [3.63, 3.8) is 0 Å². The molecule has 2 bridgehead atoms. The average molecular weight is 206 g/mol. The van der Waals surface area contributed by atoms with Crippen molar-refractivity contribution >= 4 is 0 Å². The van der Waals surface area contributed by atoms with Crippen molar-refractivity contribution in [2.75, 3.05) is 0 Å². The molecule has 1 heteroatoms. The van der Waals surface area contributed by atoms with Gasteiger partial charge < -0.3 is 5.11 Å². The van der Waals surface area contributed by atoms with Crippen molar-refractivity contribution in [2.24, 2.45) is 17.3 Å². The third-order valence-corrected chi connectivity index (χ3v) is 4.19. The van der Waals surface area contributed by atoms with Crippen molar-refractivity contribution in [1.29, 1.82) is 0 Å². The Labute approximate surface area is 92.9 Å². The van der Waals surface area contributed by atoms with Crippen molar-refractivity contribution in [3.8, 4) is 0 Å². The van der Waals surface area contributed by atoms with Gasteiger partial charge in [0.1, 0.15) is 0 Å². The van der Waals surface area contributed by atoms with Crippen molar-refractivity contribution < 1.29 is 5.11 Å². The van der Waals surface area contributed by atoms with Gasteiger partial charge in [-0.1, -0.05) is 32.1 Å². The second-order valence-electron chi connectivity index (χ2n) is 5.51. The molecular formula is C14H22O. The van der Waals surface area contributed by atoms with Crippen molar-refractivity contribution in [1.82, 2.24) is 0 Å². The third-order valence-electron chi connectivity index (χ3n) is 4.19. The lowest BCUT2D eigenvalue weighted by atomic mass is 9.76. The Morgan fingerprint density at radius 3 is 2.80 bits per heavy atom. The Kier molecular flexibility index (Phi) is 2.76. The van der Waals surface area contributed by atoms with Gasteiger partial charge in [0, 0.05) is 0 Å². The quantitative estimate of drug-likeness (QED) is 0.702. The topological polar surface area (TPSA) is 20.2 Å². The van der Waals surface area contributed by atoms with Crippen LogP contribution in [0.2, 0.25) is 0 Å². The predicted molar refractivity (Wildman–Crippen MR) is 63.5 cm³/mol. The van der Waals surface area contributed by atoms with Crippen LogP contribution >= 0.6 is 0 Å². The zero-order chi connectivity index (χ0) is 11.1. The van der Waals surface area contributed by atoms with Crippen molar-refractivity contribution in [3.05, 3.63) is 23.8 Å². The summed E-state index contributed by atoms with van der Waals surface area (Å²) in [4.78, 5) is 0. The molecule has 0 amide bonds. The molecule has 1 nitrogen and oxygen atoms in total. The molecule has 0 aromatic rings. The molecule has 0 radical (unpaired) electrons. The summed E-state index contributed by atoms with van der Waals surface area (Å²) >= 11 is 0. The van der Waals surface area contributed by atoms with E-state index in [0.29, 0.717) is 11.3 Å². The first-order valence-corrected chi connectivity index (χ1v) is 6.11. The van der Waals surface area contributed by atoms with Gasteiger partial charge in [0.2, 0.25) is 0 Å². The summed E-state index contributed by atoms with van der Waals surface area (Å²) in [6.07, 6.45) is 10.2. The van der Waals surface area contributed by atoms with Gasteiger partial charge in [-0.15, -0.1) is 0 Å². The first-order chi connectivity index (χ1) is 7.05. The first-order valence-electron chi connectivity index (χ1n) is 6.11. The lowest BCUT2D eigenvalue weighted by molar-refractivity contribution is 0.202. The summed E-state index contributed by atoms with van der Waals surface area (Å²) in [5.74, 6) is 1.50. The van der Waals surface area contributed by atoms with E-state index >= 15 is 0 Å². The van der Waals surface area contributed by atoms with Crippen LogP contribution in [-0.4, -0.2) is 11.2 Å². The van der Waals surface area contributed by atoms with E-state index in [1.54, 1.807) is 0 Å². The SMILES string of the molecule is CC[C@H](O)/C(C)=C/[C@]1(C)C[C@@H]2C=C[C@@H]1C2. The van der Waals surface area contributed by atoms with Gasteiger partial charge in [0.05, 0.1) is 6.10 Å². The summed E-state index contributed by atoms with van der Waals surface area (Å²) < 4.78 is 0. The zero-order valence-electron chi connectivity index (χ0n) is 10.0. The molecule has 0 heterocycles. The molecular weight excluding hydrogens is 184 g/mol. The van der Waals surface area contributed by atoms with E-state index in [2.05, 4.69) is 32.1 Å². The molecule has 0 aromatic heterocycles.